The zero-order chi connectivity index (χ0) is 30.3. The van der Waals surface area contributed by atoms with E-state index in [1.807, 2.05) is 0 Å². The fourth-order valence-corrected chi connectivity index (χ4v) is 4.87. The molecular formula is C28H23ClF4N4O5. The maximum Gasteiger partial charge on any atom is 0.424 e. The molecule has 4 N–H and O–H groups in total. The van der Waals surface area contributed by atoms with Crippen molar-refractivity contribution in [2.45, 2.75) is 17.3 Å². The molecule has 1 unspecified atom stereocenters. The molecule has 0 fully saturated rings. The molecule has 9 nitrogen and oxygen atoms in total. The van der Waals surface area contributed by atoms with Gasteiger partial charge in [0.25, 0.3) is 5.91 Å². The molecule has 2 aromatic carbocycles. The summed E-state index contributed by atoms with van der Waals surface area (Å²) in [5.74, 6) is -1.33. The lowest BCUT2D eigenvalue weighted by atomic mass is 9.88. The van der Waals surface area contributed by atoms with Gasteiger partial charge in [0.15, 0.2) is 5.75 Å². The molecule has 1 aliphatic rings. The number of aromatic nitrogens is 2. The molecule has 4 aromatic rings. The average molecular weight is 607 g/mol. The lowest BCUT2D eigenvalue weighted by Crippen LogP contribution is -2.52. The van der Waals surface area contributed by atoms with Gasteiger partial charge < -0.3 is 25.0 Å². The van der Waals surface area contributed by atoms with Crippen LogP contribution in [0.1, 0.15) is 21.6 Å². The van der Waals surface area contributed by atoms with Crippen LogP contribution in [0.5, 0.6) is 11.5 Å². The van der Waals surface area contributed by atoms with Crippen LogP contribution in [-0.4, -0.2) is 59.1 Å². The topological polar surface area (TPSA) is 126 Å². The van der Waals surface area contributed by atoms with Gasteiger partial charge in [-0.05, 0) is 60.3 Å². The Morgan fingerprint density at radius 2 is 1.93 bits per heavy atom. The van der Waals surface area contributed by atoms with Crippen molar-refractivity contribution in [3.63, 3.8) is 0 Å². The summed E-state index contributed by atoms with van der Waals surface area (Å²) in [6.45, 7) is -2.30. The Labute approximate surface area is 241 Å². The molecule has 220 valence electrons. The number of aliphatic hydroxyl groups excluding tert-OH is 1. The van der Waals surface area contributed by atoms with E-state index in [1.165, 1.54) is 37.6 Å². The first-order valence-electron chi connectivity index (χ1n) is 12.4. The first kappa shape index (κ1) is 29.5. The SMILES string of the molecule is COc1cc(C(=O)NC[C@](O)(c2cc3c(c(-c4ccc(F)cc4)n2)OCC3(CO)NCl)C(F)(F)F)cc2cccnc12. The number of benzene rings is 2. The number of pyridine rings is 2. The minimum Gasteiger partial charge on any atom is -0.494 e. The molecule has 0 saturated carbocycles. The third-order valence-electron chi connectivity index (χ3n) is 7.07. The summed E-state index contributed by atoms with van der Waals surface area (Å²) in [6.07, 6.45) is -3.82. The molecule has 0 bridgehead atoms. The van der Waals surface area contributed by atoms with Gasteiger partial charge in [-0.3, -0.25) is 9.78 Å². The molecule has 42 heavy (non-hydrogen) atoms. The molecule has 0 spiro atoms. The second kappa shape index (κ2) is 11.0. The van der Waals surface area contributed by atoms with E-state index < -0.39 is 47.9 Å². The average Bonchev–Trinajstić information content (AvgIpc) is 3.37. The zero-order valence-electron chi connectivity index (χ0n) is 21.8. The van der Waals surface area contributed by atoms with Crippen molar-refractivity contribution in [1.29, 1.82) is 0 Å². The Morgan fingerprint density at radius 1 is 1.19 bits per heavy atom. The minimum absolute atomic E-state index is 0.0158. The number of ether oxygens (including phenoxy) is 2. The van der Waals surface area contributed by atoms with Crippen molar-refractivity contribution in [1.82, 2.24) is 20.1 Å². The van der Waals surface area contributed by atoms with Gasteiger partial charge in [-0.25, -0.2) is 14.2 Å². The van der Waals surface area contributed by atoms with Crippen molar-refractivity contribution >= 4 is 28.6 Å². The van der Waals surface area contributed by atoms with Crippen LogP contribution in [0.2, 0.25) is 0 Å². The van der Waals surface area contributed by atoms with E-state index in [9.17, 15) is 32.6 Å². The van der Waals surface area contributed by atoms with E-state index in [-0.39, 0.29) is 40.5 Å². The van der Waals surface area contributed by atoms with Crippen LogP contribution in [0.15, 0.2) is 60.8 Å². The highest BCUT2D eigenvalue weighted by atomic mass is 35.5. The molecule has 2 aromatic heterocycles. The van der Waals surface area contributed by atoms with Gasteiger partial charge in [0, 0.05) is 28.3 Å². The van der Waals surface area contributed by atoms with Crippen molar-refractivity contribution in [2.75, 3.05) is 26.9 Å². The summed E-state index contributed by atoms with van der Waals surface area (Å²) >= 11 is 5.89. The maximum absolute atomic E-state index is 14.6. The van der Waals surface area contributed by atoms with Crippen LogP contribution in [0.25, 0.3) is 22.2 Å². The third kappa shape index (κ3) is 4.98. The number of nitrogens with one attached hydrogen (secondary N) is 2. The maximum atomic E-state index is 14.6. The quantitative estimate of drug-likeness (QED) is 0.176. The van der Waals surface area contributed by atoms with E-state index in [2.05, 4.69) is 20.1 Å². The number of fused-ring (bicyclic) bond motifs is 2. The van der Waals surface area contributed by atoms with Crippen LogP contribution in [-0.2, 0) is 11.1 Å². The number of hydrogen-bond acceptors (Lipinski definition) is 8. The minimum atomic E-state index is -5.34. The summed E-state index contributed by atoms with van der Waals surface area (Å²) in [5.41, 5.74) is -5.78. The number of halogens is 5. The fraction of sp³-hybridized carbons (Fsp3) is 0.250. The lowest BCUT2D eigenvalue weighted by molar-refractivity contribution is -0.265. The number of hydrogen-bond donors (Lipinski definition) is 4. The van der Waals surface area contributed by atoms with Gasteiger partial charge in [0.2, 0.25) is 5.60 Å². The Kier molecular flexibility index (Phi) is 7.70. The molecule has 5 rings (SSSR count). The van der Waals surface area contributed by atoms with Crippen molar-refractivity contribution in [3.05, 3.63) is 83.4 Å². The number of carbonyl (C=O) groups excluding carboxylic acids is 1. The number of rotatable bonds is 8. The predicted octanol–water partition coefficient (Wildman–Crippen LogP) is 3.95. The van der Waals surface area contributed by atoms with E-state index in [4.69, 9.17) is 21.3 Å². The number of methoxy groups -OCH3 is 1. The van der Waals surface area contributed by atoms with E-state index in [1.54, 1.807) is 12.1 Å². The number of nitrogens with zero attached hydrogens (tertiary/aromatic N) is 2. The van der Waals surface area contributed by atoms with Crippen LogP contribution in [0.4, 0.5) is 17.6 Å². The summed E-state index contributed by atoms with van der Waals surface area (Å²) in [6, 6.07) is 11.6. The first-order chi connectivity index (χ1) is 20.0. The van der Waals surface area contributed by atoms with Crippen molar-refractivity contribution < 1.29 is 42.0 Å². The van der Waals surface area contributed by atoms with Crippen LogP contribution in [0.3, 0.4) is 0 Å². The van der Waals surface area contributed by atoms with Gasteiger partial charge in [-0.2, -0.15) is 13.2 Å². The number of amides is 1. The van der Waals surface area contributed by atoms with Crippen molar-refractivity contribution in [2.24, 2.45) is 0 Å². The lowest BCUT2D eigenvalue weighted by Gasteiger charge is -2.32. The number of aliphatic hydroxyl groups is 2. The van der Waals surface area contributed by atoms with Crippen LogP contribution >= 0.6 is 11.8 Å². The van der Waals surface area contributed by atoms with Gasteiger partial charge in [-0.1, -0.05) is 6.07 Å². The standard InChI is InChI=1S/C28H23ClF4N4O5/c1-41-20-10-17(9-16-3-2-8-34-22(16)20)25(39)35-12-27(40,28(31,32)33)21-11-19-24(42-14-26(19,13-38)37-29)23(36-21)15-4-6-18(30)7-5-15/h2-11,37-38,40H,12-14H2,1H3,(H,35,39)/t26?,27-/m0/s1. The summed E-state index contributed by atoms with van der Waals surface area (Å²) in [7, 11) is 1.36. The van der Waals surface area contributed by atoms with E-state index in [0.29, 0.717) is 10.9 Å². The van der Waals surface area contributed by atoms with E-state index >= 15 is 0 Å². The van der Waals surface area contributed by atoms with E-state index in [0.717, 1.165) is 18.2 Å². The summed E-state index contributed by atoms with van der Waals surface area (Å²) in [5, 5.41) is 23.9. The van der Waals surface area contributed by atoms with Crippen LogP contribution < -0.4 is 19.6 Å². The molecular weight excluding hydrogens is 584 g/mol. The second-order valence-electron chi connectivity index (χ2n) is 9.66. The fourth-order valence-electron chi connectivity index (χ4n) is 4.65. The number of carbonyl (C=O) groups is 1. The largest absolute Gasteiger partial charge is 0.494 e. The molecule has 3 heterocycles. The molecule has 1 amide bonds. The highest BCUT2D eigenvalue weighted by Crippen LogP contribution is 2.47. The Balaban J connectivity index is 1.58. The van der Waals surface area contributed by atoms with Gasteiger partial charge >= 0.3 is 6.18 Å². The Morgan fingerprint density at radius 3 is 2.57 bits per heavy atom. The molecule has 1 aliphatic heterocycles. The predicted molar refractivity (Wildman–Crippen MR) is 143 cm³/mol. The monoisotopic (exact) mass is 606 g/mol. The molecule has 2 atom stereocenters. The normalized spacial score (nSPS) is 17.8. The van der Waals surface area contributed by atoms with Gasteiger partial charge in [0.1, 0.15) is 34.9 Å². The highest BCUT2D eigenvalue weighted by molar-refractivity contribution is 6.14. The Hall–Kier alpha value is -4.04. The number of alkyl halides is 3. The third-order valence-corrected chi connectivity index (χ3v) is 7.43. The van der Waals surface area contributed by atoms with Crippen LogP contribution in [0, 0.1) is 5.82 Å². The second-order valence-corrected chi connectivity index (χ2v) is 9.85. The smallest absolute Gasteiger partial charge is 0.424 e. The Bertz CT molecular complexity index is 1650. The van der Waals surface area contributed by atoms with Gasteiger partial charge in [-0.15, -0.1) is 0 Å². The highest BCUT2D eigenvalue weighted by Gasteiger charge is 2.57. The van der Waals surface area contributed by atoms with Crippen molar-refractivity contribution in [3.8, 4) is 22.8 Å². The molecule has 0 saturated heterocycles. The summed E-state index contributed by atoms with van der Waals surface area (Å²) in [4.78, 5) is 23.7. The molecule has 0 aliphatic carbocycles. The molecule has 14 heteroatoms. The zero-order valence-corrected chi connectivity index (χ0v) is 22.6. The van der Waals surface area contributed by atoms with Gasteiger partial charge in [0.05, 0.1) is 26.0 Å². The summed E-state index contributed by atoms with van der Waals surface area (Å²) < 4.78 is 68.4. The molecule has 0 radical (unpaired) electrons. The first-order valence-corrected chi connectivity index (χ1v) is 12.8.